The predicted molar refractivity (Wildman–Crippen MR) is 54.0 cm³/mol. The molecule has 0 radical (unpaired) electrons. The molecule has 0 N–H and O–H groups in total. The first-order chi connectivity index (χ1) is 6.72. The van der Waals surface area contributed by atoms with Crippen molar-refractivity contribution in [2.75, 3.05) is 13.2 Å². The van der Waals surface area contributed by atoms with Crippen molar-refractivity contribution >= 4 is 5.97 Å². The average Bonchev–Trinajstić information content (AvgIpc) is 2.01. The second-order valence-corrected chi connectivity index (χ2v) is 3.65. The Morgan fingerprint density at radius 1 is 1.64 bits per heavy atom. The molecule has 1 heterocycles. The van der Waals surface area contributed by atoms with E-state index in [1.54, 1.807) is 6.08 Å². The number of hydrogen-bond acceptors (Lipinski definition) is 3. The first kappa shape index (κ1) is 11.2. The van der Waals surface area contributed by atoms with Gasteiger partial charge in [-0.15, -0.1) is 0 Å². The standard InChI is InChI=1S/C11H18O3/c1-3-4-9(2)7-11(12)14-8-10-5-6-13-10/h7,10H,3-6,8H2,1-2H3. The number of carbonyl (C=O) groups is 1. The summed E-state index contributed by atoms with van der Waals surface area (Å²) < 4.78 is 10.2. The van der Waals surface area contributed by atoms with Crippen LogP contribution in [0.3, 0.4) is 0 Å². The zero-order chi connectivity index (χ0) is 10.4. The number of rotatable bonds is 5. The molecule has 80 valence electrons. The third-order valence-electron chi connectivity index (χ3n) is 2.21. The van der Waals surface area contributed by atoms with Crippen molar-refractivity contribution in [1.29, 1.82) is 0 Å². The zero-order valence-corrected chi connectivity index (χ0v) is 8.91. The fourth-order valence-corrected chi connectivity index (χ4v) is 1.30. The Morgan fingerprint density at radius 2 is 2.36 bits per heavy atom. The maximum Gasteiger partial charge on any atom is 0.330 e. The van der Waals surface area contributed by atoms with Crippen molar-refractivity contribution in [3.63, 3.8) is 0 Å². The summed E-state index contributed by atoms with van der Waals surface area (Å²) in [5.41, 5.74) is 1.08. The lowest BCUT2D eigenvalue weighted by Gasteiger charge is -2.25. The van der Waals surface area contributed by atoms with Gasteiger partial charge < -0.3 is 9.47 Å². The molecule has 0 saturated carbocycles. The van der Waals surface area contributed by atoms with Gasteiger partial charge in [0.15, 0.2) is 0 Å². The Hall–Kier alpha value is -0.830. The largest absolute Gasteiger partial charge is 0.460 e. The van der Waals surface area contributed by atoms with E-state index >= 15 is 0 Å². The molecule has 3 nitrogen and oxygen atoms in total. The minimum absolute atomic E-state index is 0.138. The molecule has 0 amide bonds. The third kappa shape index (κ3) is 3.92. The highest BCUT2D eigenvalue weighted by Crippen LogP contribution is 2.11. The van der Waals surface area contributed by atoms with Gasteiger partial charge in [0, 0.05) is 19.1 Å². The number of carbonyl (C=O) groups excluding carboxylic acids is 1. The molecular formula is C11H18O3. The number of allylic oxidation sites excluding steroid dienone is 1. The van der Waals surface area contributed by atoms with Crippen molar-refractivity contribution in [1.82, 2.24) is 0 Å². The first-order valence-corrected chi connectivity index (χ1v) is 5.18. The fraction of sp³-hybridized carbons (Fsp3) is 0.727. The molecule has 0 spiro atoms. The van der Waals surface area contributed by atoms with E-state index < -0.39 is 0 Å². The Morgan fingerprint density at radius 3 is 2.86 bits per heavy atom. The molecular weight excluding hydrogens is 180 g/mol. The van der Waals surface area contributed by atoms with Gasteiger partial charge in [0.25, 0.3) is 0 Å². The molecule has 3 heteroatoms. The van der Waals surface area contributed by atoms with Crippen LogP contribution >= 0.6 is 0 Å². The number of ether oxygens (including phenoxy) is 2. The normalized spacial score (nSPS) is 21.6. The van der Waals surface area contributed by atoms with E-state index in [2.05, 4.69) is 6.92 Å². The molecule has 14 heavy (non-hydrogen) atoms. The minimum Gasteiger partial charge on any atom is -0.460 e. The summed E-state index contributed by atoms with van der Waals surface area (Å²) in [6, 6.07) is 0. The van der Waals surface area contributed by atoms with E-state index in [0.29, 0.717) is 6.61 Å². The molecule has 1 aliphatic rings. The second kappa shape index (κ2) is 5.81. The SMILES string of the molecule is CCCC(C)=CC(=O)OCC1CCO1. The summed E-state index contributed by atoms with van der Waals surface area (Å²) in [7, 11) is 0. The van der Waals surface area contributed by atoms with Gasteiger partial charge in [0.2, 0.25) is 0 Å². The van der Waals surface area contributed by atoms with Crippen LogP contribution in [0, 0.1) is 0 Å². The van der Waals surface area contributed by atoms with Crippen LogP contribution in [0.25, 0.3) is 0 Å². The lowest BCUT2D eigenvalue weighted by Crippen LogP contribution is -2.32. The highest BCUT2D eigenvalue weighted by Gasteiger charge is 2.19. The Balaban J connectivity index is 2.16. The maximum absolute atomic E-state index is 11.2. The van der Waals surface area contributed by atoms with Crippen molar-refractivity contribution in [3.05, 3.63) is 11.6 Å². The Bertz CT molecular complexity index is 217. The van der Waals surface area contributed by atoms with Crippen LogP contribution in [0.1, 0.15) is 33.1 Å². The third-order valence-corrected chi connectivity index (χ3v) is 2.21. The lowest BCUT2D eigenvalue weighted by atomic mass is 10.2. The summed E-state index contributed by atoms with van der Waals surface area (Å²) >= 11 is 0. The molecule has 0 aromatic rings. The van der Waals surface area contributed by atoms with Gasteiger partial charge in [-0.25, -0.2) is 4.79 Å². The molecule has 1 fully saturated rings. The Kier molecular flexibility index (Phi) is 4.66. The van der Waals surface area contributed by atoms with E-state index in [1.807, 2.05) is 6.92 Å². The van der Waals surface area contributed by atoms with E-state index in [9.17, 15) is 4.79 Å². The van der Waals surface area contributed by atoms with E-state index in [1.165, 1.54) is 0 Å². The molecule has 0 aromatic heterocycles. The second-order valence-electron chi connectivity index (χ2n) is 3.65. The maximum atomic E-state index is 11.2. The molecule has 1 unspecified atom stereocenters. The van der Waals surface area contributed by atoms with Crippen molar-refractivity contribution < 1.29 is 14.3 Å². The van der Waals surface area contributed by atoms with Gasteiger partial charge in [-0.1, -0.05) is 18.9 Å². The monoisotopic (exact) mass is 198 g/mol. The molecule has 0 aliphatic carbocycles. The van der Waals surface area contributed by atoms with Gasteiger partial charge in [0.1, 0.15) is 6.61 Å². The first-order valence-electron chi connectivity index (χ1n) is 5.18. The van der Waals surface area contributed by atoms with E-state index in [0.717, 1.165) is 31.4 Å². The lowest BCUT2D eigenvalue weighted by molar-refractivity contribution is -0.148. The summed E-state index contributed by atoms with van der Waals surface area (Å²) in [5.74, 6) is -0.244. The molecule has 1 saturated heterocycles. The summed E-state index contributed by atoms with van der Waals surface area (Å²) in [6.07, 6.45) is 4.72. The topological polar surface area (TPSA) is 35.5 Å². The number of hydrogen-bond donors (Lipinski definition) is 0. The summed E-state index contributed by atoms with van der Waals surface area (Å²) in [5, 5.41) is 0. The van der Waals surface area contributed by atoms with Crippen LogP contribution in [0.4, 0.5) is 0 Å². The Labute approximate surface area is 85.1 Å². The minimum atomic E-state index is -0.244. The van der Waals surface area contributed by atoms with Crippen molar-refractivity contribution in [2.45, 2.75) is 39.2 Å². The quantitative estimate of drug-likeness (QED) is 0.501. The van der Waals surface area contributed by atoms with Gasteiger partial charge in [0.05, 0.1) is 6.10 Å². The van der Waals surface area contributed by atoms with Crippen LogP contribution in [0.2, 0.25) is 0 Å². The van der Waals surface area contributed by atoms with Gasteiger partial charge >= 0.3 is 5.97 Å². The predicted octanol–water partition coefficient (Wildman–Crippen LogP) is 2.06. The molecule has 1 atom stereocenters. The zero-order valence-electron chi connectivity index (χ0n) is 8.91. The van der Waals surface area contributed by atoms with Crippen LogP contribution in [0.15, 0.2) is 11.6 Å². The molecule has 1 rings (SSSR count). The summed E-state index contributed by atoms with van der Waals surface area (Å²) in [6.45, 7) is 5.23. The average molecular weight is 198 g/mol. The van der Waals surface area contributed by atoms with Crippen LogP contribution < -0.4 is 0 Å². The number of esters is 1. The highest BCUT2D eigenvalue weighted by atomic mass is 16.6. The van der Waals surface area contributed by atoms with Crippen LogP contribution in [-0.2, 0) is 14.3 Å². The van der Waals surface area contributed by atoms with Gasteiger partial charge in [-0.2, -0.15) is 0 Å². The molecule has 0 aromatic carbocycles. The van der Waals surface area contributed by atoms with Gasteiger partial charge in [-0.3, -0.25) is 0 Å². The van der Waals surface area contributed by atoms with Crippen molar-refractivity contribution in [2.24, 2.45) is 0 Å². The molecule has 1 aliphatic heterocycles. The highest BCUT2D eigenvalue weighted by molar-refractivity contribution is 5.82. The van der Waals surface area contributed by atoms with Crippen molar-refractivity contribution in [3.8, 4) is 0 Å². The molecule has 0 bridgehead atoms. The van der Waals surface area contributed by atoms with E-state index in [4.69, 9.17) is 9.47 Å². The van der Waals surface area contributed by atoms with Crippen LogP contribution in [-0.4, -0.2) is 25.3 Å². The van der Waals surface area contributed by atoms with Gasteiger partial charge in [-0.05, 0) is 13.3 Å². The fourth-order valence-electron chi connectivity index (χ4n) is 1.30. The smallest absolute Gasteiger partial charge is 0.330 e. The van der Waals surface area contributed by atoms with E-state index in [-0.39, 0.29) is 12.1 Å². The summed E-state index contributed by atoms with van der Waals surface area (Å²) in [4.78, 5) is 11.2. The van der Waals surface area contributed by atoms with Crippen LogP contribution in [0.5, 0.6) is 0 Å².